The lowest BCUT2D eigenvalue weighted by molar-refractivity contribution is 0.731. The molecule has 5 heteroatoms. The van der Waals surface area contributed by atoms with E-state index < -0.39 is 5.41 Å². The fraction of sp³-hybridized carbons (Fsp3) is 0.0213. The number of benzene rings is 7. The van der Waals surface area contributed by atoms with Crippen molar-refractivity contribution in [2.24, 2.45) is 0 Å². The van der Waals surface area contributed by atoms with Crippen LogP contribution in [0.3, 0.4) is 0 Å². The fourth-order valence-corrected chi connectivity index (χ4v) is 7.58. The maximum absolute atomic E-state index is 10.2. The Kier molecular flexibility index (Phi) is 7.68. The molecular weight excluding hydrogens is 635 g/mol. The van der Waals surface area contributed by atoms with Gasteiger partial charge in [-0.15, -0.1) is 0 Å². The first kappa shape index (κ1) is 30.9. The summed E-state index contributed by atoms with van der Waals surface area (Å²) in [5, 5.41) is 10.2. The predicted molar refractivity (Wildman–Crippen MR) is 207 cm³/mol. The number of para-hydroxylation sites is 2. The molecule has 7 aromatic carbocycles. The molecule has 0 radical (unpaired) electrons. The molecule has 2 heterocycles. The molecule has 1 aromatic heterocycles. The van der Waals surface area contributed by atoms with Gasteiger partial charge in [0.05, 0.1) is 34.1 Å². The molecule has 0 amide bonds. The van der Waals surface area contributed by atoms with Crippen LogP contribution in [0.1, 0.15) is 27.8 Å². The summed E-state index contributed by atoms with van der Waals surface area (Å²) in [6.07, 6.45) is 0. The van der Waals surface area contributed by atoms with Gasteiger partial charge in [-0.1, -0.05) is 158 Å². The number of hydrogen-bond acceptors (Lipinski definition) is 5. The summed E-state index contributed by atoms with van der Waals surface area (Å²) in [5.74, 6) is 1.60. The Labute approximate surface area is 302 Å². The molecule has 0 saturated carbocycles. The molecule has 0 fully saturated rings. The van der Waals surface area contributed by atoms with E-state index in [-0.39, 0.29) is 0 Å². The van der Waals surface area contributed by atoms with Crippen molar-refractivity contribution < 1.29 is 0 Å². The smallest absolute Gasteiger partial charge is 0.166 e. The Balaban J connectivity index is 1.34. The largest absolute Gasteiger partial charge is 0.309 e. The monoisotopic (exact) mass is 665 g/mol. The first-order valence-electron chi connectivity index (χ1n) is 17.3. The maximum atomic E-state index is 10.2. The van der Waals surface area contributed by atoms with E-state index in [9.17, 15) is 5.26 Å². The number of nitrogens with zero attached hydrogens (tertiary/aromatic N) is 5. The van der Waals surface area contributed by atoms with E-state index in [4.69, 9.17) is 15.0 Å². The van der Waals surface area contributed by atoms with Crippen molar-refractivity contribution in [2.45, 2.75) is 5.41 Å². The van der Waals surface area contributed by atoms with Crippen molar-refractivity contribution in [3.05, 3.63) is 216 Å². The van der Waals surface area contributed by atoms with Crippen molar-refractivity contribution >= 4 is 17.1 Å². The van der Waals surface area contributed by atoms with E-state index in [0.717, 1.165) is 44.9 Å². The standard InChI is InChI=1S/C47H31N5/c48-32-33-29-30-41(38(31-33)46-50-44(34-17-5-1-6-18-34)49-45(51-46)35-19-7-2-8-20-35)52-42-27-15-13-25-39(42)47(36-21-9-3-10-22-36,37-23-11-4-12-24-37)40-26-14-16-28-43(40)52/h1-31H. The van der Waals surface area contributed by atoms with Gasteiger partial charge in [0.15, 0.2) is 17.5 Å². The van der Waals surface area contributed by atoms with Gasteiger partial charge >= 0.3 is 0 Å². The molecule has 0 N–H and O–H groups in total. The Bertz CT molecular complexity index is 2430. The lowest BCUT2D eigenvalue weighted by Gasteiger charge is -2.46. The van der Waals surface area contributed by atoms with Crippen LogP contribution in [0.5, 0.6) is 0 Å². The van der Waals surface area contributed by atoms with E-state index in [1.165, 1.54) is 11.1 Å². The highest BCUT2D eigenvalue weighted by Gasteiger charge is 2.46. The Morgan fingerprint density at radius 2 is 0.846 bits per heavy atom. The van der Waals surface area contributed by atoms with Gasteiger partial charge in [-0.05, 0) is 52.6 Å². The van der Waals surface area contributed by atoms with Crippen LogP contribution in [-0.4, -0.2) is 15.0 Å². The highest BCUT2D eigenvalue weighted by molar-refractivity contribution is 5.94. The molecule has 0 spiro atoms. The highest BCUT2D eigenvalue weighted by atomic mass is 15.2. The minimum Gasteiger partial charge on any atom is -0.309 e. The molecule has 5 nitrogen and oxygen atoms in total. The molecule has 0 atom stereocenters. The number of nitriles is 1. The van der Waals surface area contributed by atoms with Gasteiger partial charge < -0.3 is 4.90 Å². The van der Waals surface area contributed by atoms with Gasteiger partial charge in [0.2, 0.25) is 0 Å². The molecule has 8 aromatic rings. The minimum absolute atomic E-state index is 0.484. The SMILES string of the molecule is N#Cc1ccc(N2c3ccccc3C(c3ccccc3)(c3ccccc3)c3ccccc32)c(-c2nc(-c3ccccc3)nc(-c3ccccc3)n2)c1. The summed E-state index contributed by atoms with van der Waals surface area (Å²) in [6, 6.07) is 66.9. The van der Waals surface area contributed by atoms with Crippen molar-refractivity contribution in [1.29, 1.82) is 5.26 Å². The van der Waals surface area contributed by atoms with Crippen molar-refractivity contribution in [3.8, 4) is 40.2 Å². The first-order valence-corrected chi connectivity index (χ1v) is 17.3. The van der Waals surface area contributed by atoms with Crippen LogP contribution in [0, 0.1) is 11.3 Å². The zero-order valence-corrected chi connectivity index (χ0v) is 28.1. The van der Waals surface area contributed by atoms with Gasteiger partial charge in [-0.25, -0.2) is 15.0 Å². The average molecular weight is 666 g/mol. The zero-order valence-electron chi connectivity index (χ0n) is 28.1. The third-order valence-electron chi connectivity index (χ3n) is 9.82. The van der Waals surface area contributed by atoms with E-state index in [1.807, 2.05) is 78.9 Å². The third kappa shape index (κ3) is 5.05. The zero-order chi connectivity index (χ0) is 34.9. The molecule has 9 rings (SSSR count). The topological polar surface area (TPSA) is 65.7 Å². The predicted octanol–water partition coefficient (Wildman–Crippen LogP) is 10.9. The number of aromatic nitrogens is 3. The second kappa shape index (κ2) is 12.9. The van der Waals surface area contributed by atoms with Crippen LogP contribution < -0.4 is 4.90 Å². The molecule has 244 valence electrons. The Hall–Kier alpha value is -7.16. The van der Waals surface area contributed by atoms with E-state index in [1.54, 1.807) is 0 Å². The summed E-state index contributed by atoms with van der Waals surface area (Å²) in [7, 11) is 0. The van der Waals surface area contributed by atoms with Gasteiger partial charge in [-0.3, -0.25) is 0 Å². The second-order valence-electron chi connectivity index (χ2n) is 12.7. The summed E-state index contributed by atoms with van der Waals surface area (Å²) in [6.45, 7) is 0. The van der Waals surface area contributed by atoms with Crippen LogP contribution >= 0.6 is 0 Å². The summed E-state index contributed by atoms with van der Waals surface area (Å²) in [5.41, 5.74) is 9.97. The molecule has 0 unspecified atom stereocenters. The maximum Gasteiger partial charge on any atom is 0.166 e. The van der Waals surface area contributed by atoms with Crippen LogP contribution in [0.15, 0.2) is 188 Å². The summed E-state index contributed by atoms with van der Waals surface area (Å²) >= 11 is 0. The highest BCUT2D eigenvalue weighted by Crippen LogP contribution is 2.58. The third-order valence-corrected chi connectivity index (χ3v) is 9.82. The van der Waals surface area contributed by atoms with Gasteiger partial charge in [0.1, 0.15) is 0 Å². The van der Waals surface area contributed by atoms with Crippen molar-refractivity contribution in [2.75, 3.05) is 4.90 Å². The average Bonchev–Trinajstić information content (AvgIpc) is 3.24. The van der Waals surface area contributed by atoms with Crippen LogP contribution in [0.2, 0.25) is 0 Å². The Morgan fingerprint density at radius 3 is 1.33 bits per heavy atom. The minimum atomic E-state index is -0.604. The fourth-order valence-electron chi connectivity index (χ4n) is 7.58. The van der Waals surface area contributed by atoms with E-state index >= 15 is 0 Å². The molecular formula is C47H31N5. The van der Waals surface area contributed by atoms with E-state index in [2.05, 4.69) is 120 Å². The summed E-state index contributed by atoms with van der Waals surface area (Å²) in [4.78, 5) is 17.5. The molecule has 52 heavy (non-hydrogen) atoms. The van der Waals surface area contributed by atoms with Crippen molar-refractivity contribution in [1.82, 2.24) is 15.0 Å². The van der Waals surface area contributed by atoms with Gasteiger partial charge in [0, 0.05) is 16.7 Å². The number of rotatable bonds is 6. The van der Waals surface area contributed by atoms with Gasteiger partial charge in [0.25, 0.3) is 0 Å². The normalized spacial score (nSPS) is 12.7. The number of fused-ring (bicyclic) bond motifs is 2. The second-order valence-corrected chi connectivity index (χ2v) is 12.7. The molecule has 0 bridgehead atoms. The Morgan fingerprint density at radius 1 is 0.423 bits per heavy atom. The molecule has 0 aliphatic carbocycles. The van der Waals surface area contributed by atoms with Crippen LogP contribution in [0.4, 0.5) is 17.1 Å². The van der Waals surface area contributed by atoms with Crippen molar-refractivity contribution in [3.63, 3.8) is 0 Å². The van der Waals surface area contributed by atoms with Crippen LogP contribution in [-0.2, 0) is 5.41 Å². The summed E-state index contributed by atoms with van der Waals surface area (Å²) < 4.78 is 0. The number of anilines is 3. The lowest BCUT2D eigenvalue weighted by Crippen LogP contribution is -2.37. The lowest BCUT2D eigenvalue weighted by atomic mass is 9.62. The molecule has 1 aliphatic heterocycles. The van der Waals surface area contributed by atoms with Crippen LogP contribution in [0.25, 0.3) is 34.2 Å². The van der Waals surface area contributed by atoms with Gasteiger partial charge in [-0.2, -0.15) is 5.26 Å². The first-order chi connectivity index (χ1) is 25.8. The quantitative estimate of drug-likeness (QED) is 0.177. The van der Waals surface area contributed by atoms with E-state index in [0.29, 0.717) is 23.0 Å². The number of hydrogen-bond donors (Lipinski definition) is 0. The molecule has 1 aliphatic rings. The molecule has 0 saturated heterocycles.